The van der Waals surface area contributed by atoms with Gasteiger partial charge in [-0.15, -0.1) is 0 Å². The van der Waals surface area contributed by atoms with Gasteiger partial charge >= 0.3 is 0 Å². The molecule has 0 N–H and O–H groups in total. The molecular weight excluding hydrogens is 216 g/mol. The Kier molecular flexibility index (Phi) is 4.53. The van der Waals surface area contributed by atoms with E-state index in [-0.39, 0.29) is 16.2 Å². The SMILES string of the molecule is CC(C)(C)CC(C(C)(C)C)(C(C)(C)C)C(C)(C)C. The highest BCUT2D eigenvalue weighted by Crippen LogP contribution is 2.65. The Morgan fingerprint density at radius 1 is 0.444 bits per heavy atom. The molecule has 0 aromatic carbocycles. The second-order valence-electron chi connectivity index (χ2n) is 10.4. The van der Waals surface area contributed by atoms with Crippen molar-refractivity contribution in [1.29, 1.82) is 0 Å². The van der Waals surface area contributed by atoms with Crippen molar-refractivity contribution in [3.8, 4) is 0 Å². The van der Waals surface area contributed by atoms with E-state index >= 15 is 0 Å². The molecule has 0 spiro atoms. The van der Waals surface area contributed by atoms with Gasteiger partial charge in [0.15, 0.2) is 0 Å². The number of hydrogen-bond acceptors (Lipinski definition) is 0. The summed E-state index contributed by atoms with van der Waals surface area (Å²) in [6.07, 6.45) is 1.26. The lowest BCUT2D eigenvalue weighted by molar-refractivity contribution is -0.146. The monoisotopic (exact) mass is 254 g/mol. The van der Waals surface area contributed by atoms with Crippen LogP contribution in [0.4, 0.5) is 0 Å². The lowest BCUT2D eigenvalue weighted by atomic mass is 9.41. The molecule has 0 heteroatoms. The van der Waals surface area contributed by atoms with Crippen molar-refractivity contribution in [2.24, 2.45) is 27.1 Å². The summed E-state index contributed by atoms with van der Waals surface area (Å²) in [7, 11) is 0. The summed E-state index contributed by atoms with van der Waals surface area (Å²) in [5, 5.41) is 0. The zero-order chi connectivity index (χ0) is 15.2. The van der Waals surface area contributed by atoms with Crippen molar-refractivity contribution in [2.45, 2.75) is 89.5 Å². The molecule has 0 bridgehead atoms. The van der Waals surface area contributed by atoms with Gasteiger partial charge in [0, 0.05) is 0 Å². The van der Waals surface area contributed by atoms with E-state index in [1.54, 1.807) is 0 Å². The Morgan fingerprint density at radius 2 is 0.667 bits per heavy atom. The van der Waals surface area contributed by atoms with Gasteiger partial charge in [-0.1, -0.05) is 83.1 Å². The van der Waals surface area contributed by atoms with Crippen LogP contribution in [0, 0.1) is 27.1 Å². The summed E-state index contributed by atoms with van der Waals surface area (Å²) >= 11 is 0. The van der Waals surface area contributed by atoms with Crippen molar-refractivity contribution < 1.29 is 0 Å². The minimum Gasteiger partial charge on any atom is -0.0602 e. The van der Waals surface area contributed by atoms with E-state index in [0.29, 0.717) is 10.8 Å². The summed E-state index contributed by atoms with van der Waals surface area (Å²) in [5.41, 5.74) is 1.52. The summed E-state index contributed by atoms with van der Waals surface area (Å²) in [5.74, 6) is 0. The normalized spacial score (nSPS) is 16.0. The molecule has 0 saturated heterocycles. The zero-order valence-corrected chi connectivity index (χ0v) is 15.2. The third kappa shape index (κ3) is 3.31. The van der Waals surface area contributed by atoms with E-state index in [2.05, 4.69) is 83.1 Å². The Hall–Kier alpha value is 0. The van der Waals surface area contributed by atoms with Crippen LogP contribution < -0.4 is 0 Å². The van der Waals surface area contributed by atoms with Crippen LogP contribution >= 0.6 is 0 Å². The van der Waals surface area contributed by atoms with Crippen LogP contribution in [0.15, 0.2) is 0 Å². The van der Waals surface area contributed by atoms with Crippen molar-refractivity contribution in [1.82, 2.24) is 0 Å². The molecule has 0 aliphatic heterocycles. The molecule has 0 atom stereocenters. The highest BCUT2D eigenvalue weighted by molar-refractivity contribution is 5.06. The second-order valence-corrected chi connectivity index (χ2v) is 10.4. The Balaban J connectivity index is 6.10. The summed E-state index contributed by atoms with van der Waals surface area (Å²) < 4.78 is 0. The lowest BCUT2D eigenvalue weighted by Crippen LogP contribution is -2.56. The molecule has 0 amide bonds. The van der Waals surface area contributed by atoms with Crippen molar-refractivity contribution in [2.75, 3.05) is 0 Å². The highest BCUT2D eigenvalue weighted by Gasteiger charge is 2.58. The minimum atomic E-state index is 0.288. The van der Waals surface area contributed by atoms with E-state index in [0.717, 1.165) is 0 Å². The van der Waals surface area contributed by atoms with Gasteiger partial charge in [-0.2, -0.15) is 0 Å². The number of rotatable bonds is 1. The lowest BCUT2D eigenvalue weighted by Gasteiger charge is -2.63. The first-order chi connectivity index (χ1) is 7.46. The fourth-order valence-electron chi connectivity index (χ4n) is 4.97. The van der Waals surface area contributed by atoms with Gasteiger partial charge < -0.3 is 0 Å². The molecule has 0 aromatic rings. The Labute approximate surface area is 117 Å². The smallest absolute Gasteiger partial charge is 0.0147 e. The van der Waals surface area contributed by atoms with Gasteiger partial charge in [-0.3, -0.25) is 0 Å². The topological polar surface area (TPSA) is 0 Å². The summed E-state index contributed by atoms with van der Waals surface area (Å²) in [6, 6.07) is 0. The van der Waals surface area contributed by atoms with Crippen molar-refractivity contribution in [3.63, 3.8) is 0 Å². The third-order valence-corrected chi connectivity index (χ3v) is 4.64. The zero-order valence-electron chi connectivity index (χ0n) is 15.2. The molecule has 0 aliphatic carbocycles. The molecule has 18 heavy (non-hydrogen) atoms. The average Bonchev–Trinajstić information content (AvgIpc) is 1.90. The van der Waals surface area contributed by atoms with Crippen LogP contribution in [0.1, 0.15) is 89.5 Å². The maximum atomic E-state index is 2.43. The third-order valence-electron chi connectivity index (χ3n) is 4.64. The predicted octanol–water partition coefficient (Wildman–Crippen LogP) is 6.55. The average molecular weight is 255 g/mol. The first kappa shape index (κ1) is 18.0. The first-order valence-corrected chi connectivity index (χ1v) is 7.46. The van der Waals surface area contributed by atoms with Gasteiger partial charge in [0.2, 0.25) is 0 Å². The predicted molar refractivity (Wildman–Crippen MR) is 84.9 cm³/mol. The molecule has 0 radical (unpaired) electrons. The largest absolute Gasteiger partial charge is 0.0602 e. The van der Waals surface area contributed by atoms with E-state index in [1.807, 2.05) is 0 Å². The molecular formula is C18H38. The van der Waals surface area contributed by atoms with E-state index < -0.39 is 0 Å². The van der Waals surface area contributed by atoms with E-state index in [9.17, 15) is 0 Å². The van der Waals surface area contributed by atoms with Crippen LogP contribution in [0.25, 0.3) is 0 Å². The fourth-order valence-corrected chi connectivity index (χ4v) is 4.97. The van der Waals surface area contributed by atoms with Gasteiger partial charge in [0.1, 0.15) is 0 Å². The molecule has 0 aromatic heterocycles. The van der Waals surface area contributed by atoms with Crippen LogP contribution in [-0.2, 0) is 0 Å². The minimum absolute atomic E-state index is 0.288. The van der Waals surface area contributed by atoms with Crippen LogP contribution in [-0.4, -0.2) is 0 Å². The van der Waals surface area contributed by atoms with Crippen molar-refractivity contribution in [3.05, 3.63) is 0 Å². The Bertz CT molecular complexity index is 231. The molecule has 0 unspecified atom stereocenters. The maximum absolute atomic E-state index is 2.43. The van der Waals surface area contributed by atoms with Gasteiger partial charge in [-0.25, -0.2) is 0 Å². The van der Waals surface area contributed by atoms with Crippen LogP contribution in [0.2, 0.25) is 0 Å². The molecule has 0 fully saturated rings. The van der Waals surface area contributed by atoms with Crippen molar-refractivity contribution >= 4 is 0 Å². The molecule has 0 aliphatic rings. The second kappa shape index (κ2) is 4.53. The summed E-state index contributed by atoms with van der Waals surface area (Å²) in [6.45, 7) is 29.0. The molecule has 0 heterocycles. The number of hydrogen-bond donors (Lipinski definition) is 0. The van der Waals surface area contributed by atoms with Crippen LogP contribution in [0.5, 0.6) is 0 Å². The van der Waals surface area contributed by atoms with Crippen LogP contribution in [0.3, 0.4) is 0 Å². The summed E-state index contributed by atoms with van der Waals surface area (Å²) in [4.78, 5) is 0. The first-order valence-electron chi connectivity index (χ1n) is 7.46. The molecule has 0 rings (SSSR count). The van der Waals surface area contributed by atoms with Gasteiger partial charge in [0.25, 0.3) is 0 Å². The highest BCUT2D eigenvalue weighted by atomic mass is 14.6. The van der Waals surface area contributed by atoms with Gasteiger partial charge in [-0.05, 0) is 33.5 Å². The van der Waals surface area contributed by atoms with E-state index in [1.165, 1.54) is 6.42 Å². The maximum Gasteiger partial charge on any atom is -0.0147 e. The van der Waals surface area contributed by atoms with E-state index in [4.69, 9.17) is 0 Å². The fraction of sp³-hybridized carbons (Fsp3) is 1.00. The molecule has 0 saturated carbocycles. The molecule has 110 valence electrons. The standard InChI is InChI=1S/C18H38/c1-14(2,3)13-18(15(4,5)6,16(7,8)9)17(10,11)12/h13H2,1-12H3. The molecule has 0 nitrogen and oxygen atoms in total. The van der Waals surface area contributed by atoms with Gasteiger partial charge in [0.05, 0.1) is 0 Å². The quantitative estimate of drug-likeness (QED) is 0.498. The Morgan fingerprint density at radius 3 is 0.722 bits per heavy atom.